The highest BCUT2D eigenvalue weighted by Crippen LogP contribution is 2.31. The number of benzene rings is 3. The van der Waals surface area contributed by atoms with Gasteiger partial charge in [0, 0.05) is 17.5 Å². The summed E-state index contributed by atoms with van der Waals surface area (Å²) >= 11 is 0. The maximum Gasteiger partial charge on any atom is 0.303 e. The van der Waals surface area contributed by atoms with E-state index in [2.05, 4.69) is 23.5 Å². The quantitative estimate of drug-likeness (QED) is 0.285. The van der Waals surface area contributed by atoms with E-state index in [1.807, 2.05) is 55.5 Å². The Balaban J connectivity index is 1.47. The Bertz CT molecular complexity index is 1450. The number of amides is 1. The van der Waals surface area contributed by atoms with E-state index in [0.29, 0.717) is 30.3 Å². The summed E-state index contributed by atoms with van der Waals surface area (Å²) in [7, 11) is 0. The van der Waals surface area contributed by atoms with E-state index in [1.54, 1.807) is 0 Å². The lowest BCUT2D eigenvalue weighted by atomic mass is 9.87. The molecule has 1 aliphatic rings. The molecule has 3 aromatic carbocycles. The topological polar surface area (TPSA) is 92.2 Å². The van der Waals surface area contributed by atoms with Crippen LogP contribution in [0.5, 0.6) is 0 Å². The smallest absolute Gasteiger partial charge is 0.303 e. The van der Waals surface area contributed by atoms with E-state index in [1.165, 1.54) is 11.1 Å². The average Bonchev–Trinajstić information content (AvgIpc) is 2.91. The fourth-order valence-corrected chi connectivity index (χ4v) is 5.20. The summed E-state index contributed by atoms with van der Waals surface area (Å²) in [5.41, 5.74) is 7.99. The van der Waals surface area contributed by atoms with Crippen LogP contribution in [0.4, 0.5) is 0 Å². The molecule has 5 rings (SSSR count). The summed E-state index contributed by atoms with van der Waals surface area (Å²) in [6.07, 6.45) is 5.06. The van der Waals surface area contributed by atoms with Crippen molar-refractivity contribution in [2.75, 3.05) is 0 Å². The van der Waals surface area contributed by atoms with Gasteiger partial charge in [-0.1, -0.05) is 54.6 Å². The summed E-state index contributed by atoms with van der Waals surface area (Å²) in [5, 5.41) is 12.3. The number of carboxylic acids is 1. The van der Waals surface area contributed by atoms with Crippen molar-refractivity contribution in [2.24, 2.45) is 0 Å². The second-order valence-corrected chi connectivity index (χ2v) is 9.76. The van der Waals surface area contributed by atoms with Crippen LogP contribution in [-0.2, 0) is 17.6 Å². The van der Waals surface area contributed by atoms with Crippen molar-refractivity contribution in [2.45, 2.75) is 57.9 Å². The first-order chi connectivity index (χ1) is 18.0. The monoisotopic (exact) mass is 493 g/mol. The third kappa shape index (κ3) is 5.53. The molecule has 0 bridgehead atoms. The molecule has 1 aliphatic carbocycles. The second-order valence-electron chi connectivity index (χ2n) is 9.76. The Kier molecular flexibility index (Phi) is 7.26. The number of unbranched alkanes of at least 4 members (excludes halogenated alkanes) is 1. The molecule has 0 saturated carbocycles. The van der Waals surface area contributed by atoms with E-state index < -0.39 is 5.97 Å². The summed E-state index contributed by atoms with van der Waals surface area (Å²) in [4.78, 5) is 34.3. The molecule has 0 unspecified atom stereocenters. The Morgan fingerprint density at radius 3 is 2.54 bits per heavy atom. The molecular formula is C31H31N3O3. The molecule has 0 aliphatic heterocycles. The SMILES string of the molecule is Cc1cc2nc(-c3ccccc3)c(CCCCC(=O)O)nc2cc1C(=O)N[C@@H]1CCCc2ccccc21. The minimum Gasteiger partial charge on any atom is -0.481 e. The highest BCUT2D eigenvalue weighted by Gasteiger charge is 2.23. The lowest BCUT2D eigenvalue weighted by molar-refractivity contribution is -0.137. The van der Waals surface area contributed by atoms with Crippen LogP contribution in [0.25, 0.3) is 22.3 Å². The number of fused-ring (bicyclic) bond motifs is 2. The van der Waals surface area contributed by atoms with Crippen molar-refractivity contribution >= 4 is 22.9 Å². The summed E-state index contributed by atoms with van der Waals surface area (Å²) in [6, 6.07) is 22.0. The zero-order valence-electron chi connectivity index (χ0n) is 21.0. The standard InChI is InChI=1S/C31H31N3O3/c1-20-18-27-28(19-24(20)31(37)34-25-16-9-13-21-10-5-6-14-23(21)25)32-26(15-7-8-17-29(35)36)30(33-27)22-11-3-2-4-12-22/h2-6,10-12,14,18-19,25H,7-9,13,15-17H2,1H3,(H,34,37)(H,35,36)/t25-/m1/s1. The molecule has 1 aromatic heterocycles. The Labute approximate surface area is 216 Å². The van der Waals surface area contributed by atoms with Crippen LogP contribution in [0.1, 0.15) is 70.9 Å². The van der Waals surface area contributed by atoms with Gasteiger partial charge in [0.05, 0.1) is 28.5 Å². The zero-order valence-corrected chi connectivity index (χ0v) is 21.0. The van der Waals surface area contributed by atoms with E-state index in [9.17, 15) is 9.59 Å². The van der Waals surface area contributed by atoms with Crippen LogP contribution in [0, 0.1) is 6.92 Å². The minimum absolute atomic E-state index is 0.00360. The molecule has 1 heterocycles. The van der Waals surface area contributed by atoms with Gasteiger partial charge < -0.3 is 10.4 Å². The number of hydrogen-bond donors (Lipinski definition) is 2. The lowest BCUT2D eigenvalue weighted by Crippen LogP contribution is -2.31. The Hall–Kier alpha value is -4.06. The number of hydrogen-bond acceptors (Lipinski definition) is 4. The molecular weight excluding hydrogens is 462 g/mol. The van der Waals surface area contributed by atoms with Gasteiger partial charge in [0.25, 0.3) is 5.91 Å². The second kappa shape index (κ2) is 10.9. The molecule has 6 heteroatoms. The molecule has 0 fully saturated rings. The molecule has 1 atom stereocenters. The average molecular weight is 494 g/mol. The number of rotatable bonds is 8. The van der Waals surface area contributed by atoms with E-state index >= 15 is 0 Å². The number of carbonyl (C=O) groups excluding carboxylic acids is 1. The maximum atomic E-state index is 13.4. The molecule has 37 heavy (non-hydrogen) atoms. The van der Waals surface area contributed by atoms with Gasteiger partial charge >= 0.3 is 5.97 Å². The van der Waals surface area contributed by atoms with Crippen LogP contribution in [0.2, 0.25) is 0 Å². The Morgan fingerprint density at radius 1 is 0.973 bits per heavy atom. The van der Waals surface area contributed by atoms with Crippen LogP contribution in [0.3, 0.4) is 0 Å². The van der Waals surface area contributed by atoms with E-state index in [-0.39, 0.29) is 18.4 Å². The number of nitrogens with zero attached hydrogens (tertiary/aromatic N) is 2. The van der Waals surface area contributed by atoms with Crippen molar-refractivity contribution < 1.29 is 14.7 Å². The molecule has 6 nitrogen and oxygen atoms in total. The van der Waals surface area contributed by atoms with Crippen molar-refractivity contribution in [3.63, 3.8) is 0 Å². The van der Waals surface area contributed by atoms with E-state index in [4.69, 9.17) is 15.1 Å². The summed E-state index contributed by atoms with van der Waals surface area (Å²) in [5.74, 6) is -0.891. The highest BCUT2D eigenvalue weighted by molar-refractivity contribution is 5.99. The number of aryl methyl sites for hydroxylation is 3. The van der Waals surface area contributed by atoms with Crippen LogP contribution in [0.15, 0.2) is 66.7 Å². The van der Waals surface area contributed by atoms with Gasteiger partial charge in [-0.3, -0.25) is 9.59 Å². The van der Waals surface area contributed by atoms with Gasteiger partial charge in [0.15, 0.2) is 0 Å². The summed E-state index contributed by atoms with van der Waals surface area (Å²) in [6.45, 7) is 1.94. The lowest BCUT2D eigenvalue weighted by Gasteiger charge is -2.26. The summed E-state index contributed by atoms with van der Waals surface area (Å²) < 4.78 is 0. The maximum absolute atomic E-state index is 13.4. The number of carbonyl (C=O) groups is 2. The van der Waals surface area contributed by atoms with Crippen molar-refractivity contribution in [3.05, 3.63) is 94.7 Å². The van der Waals surface area contributed by atoms with Crippen molar-refractivity contribution in [3.8, 4) is 11.3 Å². The first-order valence-corrected chi connectivity index (χ1v) is 13.0. The first kappa shape index (κ1) is 24.6. The predicted octanol–water partition coefficient (Wildman–Crippen LogP) is 6.21. The van der Waals surface area contributed by atoms with Gasteiger partial charge in [0.1, 0.15) is 0 Å². The normalized spacial score (nSPS) is 14.8. The van der Waals surface area contributed by atoms with Gasteiger partial charge in [-0.15, -0.1) is 0 Å². The largest absolute Gasteiger partial charge is 0.481 e. The van der Waals surface area contributed by atoms with Crippen LogP contribution < -0.4 is 5.32 Å². The van der Waals surface area contributed by atoms with Gasteiger partial charge in [0.2, 0.25) is 0 Å². The third-order valence-electron chi connectivity index (χ3n) is 7.10. The van der Waals surface area contributed by atoms with Gasteiger partial charge in [-0.05, 0) is 74.3 Å². The zero-order chi connectivity index (χ0) is 25.8. The molecule has 2 N–H and O–H groups in total. The third-order valence-corrected chi connectivity index (χ3v) is 7.10. The van der Waals surface area contributed by atoms with Gasteiger partial charge in [-0.2, -0.15) is 0 Å². The van der Waals surface area contributed by atoms with Crippen molar-refractivity contribution in [1.82, 2.24) is 15.3 Å². The number of aromatic nitrogens is 2. The molecule has 0 radical (unpaired) electrons. The van der Waals surface area contributed by atoms with Crippen molar-refractivity contribution in [1.29, 1.82) is 0 Å². The predicted molar refractivity (Wildman–Crippen MR) is 144 cm³/mol. The first-order valence-electron chi connectivity index (χ1n) is 13.0. The highest BCUT2D eigenvalue weighted by atomic mass is 16.4. The van der Waals surface area contributed by atoms with Crippen LogP contribution in [-0.4, -0.2) is 27.0 Å². The van der Waals surface area contributed by atoms with Gasteiger partial charge in [-0.25, -0.2) is 9.97 Å². The molecule has 4 aromatic rings. The van der Waals surface area contributed by atoms with Crippen LogP contribution >= 0.6 is 0 Å². The number of nitrogens with one attached hydrogen (secondary N) is 1. The molecule has 0 spiro atoms. The number of aliphatic carboxylic acids is 1. The minimum atomic E-state index is -0.792. The molecule has 0 saturated heterocycles. The fourth-order valence-electron chi connectivity index (χ4n) is 5.20. The Morgan fingerprint density at radius 2 is 1.73 bits per heavy atom. The fraction of sp³-hybridized carbons (Fsp3) is 0.290. The van der Waals surface area contributed by atoms with E-state index in [0.717, 1.165) is 47.3 Å². The molecule has 188 valence electrons. The molecule has 1 amide bonds. The number of carboxylic acid groups (broad SMARTS) is 1.